The summed E-state index contributed by atoms with van der Waals surface area (Å²) in [5.74, 6) is -0.545. The molecule has 2 amide bonds. The molecule has 1 fully saturated rings. The van der Waals surface area contributed by atoms with Crippen molar-refractivity contribution in [3.63, 3.8) is 0 Å². The number of nitrogens with zero attached hydrogens (tertiary/aromatic N) is 1. The quantitative estimate of drug-likeness (QED) is 0.274. The van der Waals surface area contributed by atoms with Gasteiger partial charge in [-0.1, -0.05) is 26.7 Å². The van der Waals surface area contributed by atoms with Crippen LogP contribution in [0.2, 0.25) is 0 Å². The van der Waals surface area contributed by atoms with Crippen molar-refractivity contribution in [3.8, 4) is 5.75 Å². The van der Waals surface area contributed by atoms with Gasteiger partial charge in [0.2, 0.25) is 5.91 Å². The molecule has 0 spiro atoms. The highest BCUT2D eigenvalue weighted by Gasteiger charge is 2.34. The second kappa shape index (κ2) is 13.4. The maximum Gasteiger partial charge on any atom is 0.308 e. The maximum absolute atomic E-state index is 12.7. The first-order valence-corrected chi connectivity index (χ1v) is 12.0. The van der Waals surface area contributed by atoms with E-state index >= 15 is 0 Å². The molecule has 0 radical (unpaired) electrons. The number of halogens is 1. The van der Waals surface area contributed by atoms with Crippen molar-refractivity contribution in [1.82, 2.24) is 15.5 Å². The van der Waals surface area contributed by atoms with Crippen LogP contribution in [0.3, 0.4) is 0 Å². The van der Waals surface area contributed by atoms with Crippen LogP contribution in [0.25, 0.3) is 0 Å². The molecule has 8 nitrogen and oxygen atoms in total. The number of nitrogens with one attached hydrogen (secondary N) is 2. The van der Waals surface area contributed by atoms with Crippen molar-refractivity contribution in [2.24, 2.45) is 0 Å². The lowest BCUT2D eigenvalue weighted by atomic mass is 10.1. The van der Waals surface area contributed by atoms with Crippen LogP contribution in [0.5, 0.6) is 5.75 Å². The maximum atomic E-state index is 12.7. The molecule has 1 aliphatic rings. The number of piperazine rings is 1. The molecule has 2 N–H and O–H groups in total. The Hall–Kier alpha value is -2.20. The fraction of sp³-hybridized carbons (Fsp3) is 0.545. The van der Waals surface area contributed by atoms with Gasteiger partial charge < -0.3 is 19.7 Å². The lowest BCUT2D eigenvalue weighted by Gasteiger charge is -2.36. The summed E-state index contributed by atoms with van der Waals surface area (Å²) < 4.78 is 11.5. The molecule has 1 unspecified atom stereocenters. The van der Waals surface area contributed by atoms with Crippen LogP contribution in [0.4, 0.5) is 0 Å². The van der Waals surface area contributed by atoms with Gasteiger partial charge in [0.1, 0.15) is 11.8 Å². The number of ether oxygens (including phenoxy) is 2. The van der Waals surface area contributed by atoms with Gasteiger partial charge in [0.05, 0.1) is 24.1 Å². The molecule has 0 bridgehead atoms. The zero-order valence-electron chi connectivity index (χ0n) is 18.4. The zero-order valence-corrected chi connectivity index (χ0v) is 20.9. The first kappa shape index (κ1) is 26.1. The molecule has 1 aromatic carbocycles. The van der Waals surface area contributed by atoms with Crippen LogP contribution >= 0.6 is 28.1 Å². The van der Waals surface area contributed by atoms with Crippen LogP contribution < -0.4 is 15.4 Å². The molecule has 32 heavy (non-hydrogen) atoms. The van der Waals surface area contributed by atoms with Gasteiger partial charge in [-0.25, -0.2) is 0 Å². The number of thiocarbonyl (C=S) groups is 1. The third-order valence-electron chi connectivity index (χ3n) is 4.88. The monoisotopic (exact) mass is 527 g/mol. The molecular weight excluding hydrogens is 498 g/mol. The number of carbonyl (C=O) groups excluding carboxylic acids is 3. The SMILES string of the molecule is CCCCOC(=O)CC1C(=O)NCCN1C(=S)NC(=O)c1ccc(OCCCC)c(Br)c1. The van der Waals surface area contributed by atoms with E-state index in [1.54, 1.807) is 23.1 Å². The lowest BCUT2D eigenvalue weighted by molar-refractivity contribution is -0.147. The van der Waals surface area contributed by atoms with Gasteiger partial charge in [0.15, 0.2) is 5.11 Å². The van der Waals surface area contributed by atoms with E-state index in [1.807, 2.05) is 6.92 Å². The Morgan fingerprint density at radius 2 is 1.97 bits per heavy atom. The van der Waals surface area contributed by atoms with Crippen LogP contribution in [0.1, 0.15) is 56.3 Å². The number of unbranched alkanes of at least 4 members (excludes halogenated alkanes) is 2. The second-order valence-electron chi connectivity index (χ2n) is 7.38. The Labute approximate surface area is 202 Å². The Bertz CT molecular complexity index is 836. The number of hydrogen-bond acceptors (Lipinski definition) is 6. The van der Waals surface area contributed by atoms with Gasteiger partial charge in [-0.15, -0.1) is 0 Å². The summed E-state index contributed by atoms with van der Waals surface area (Å²) in [7, 11) is 0. The van der Waals surface area contributed by atoms with Crippen molar-refractivity contribution in [2.75, 3.05) is 26.3 Å². The van der Waals surface area contributed by atoms with E-state index in [2.05, 4.69) is 33.5 Å². The summed E-state index contributed by atoms with van der Waals surface area (Å²) in [6, 6.07) is 4.20. The zero-order chi connectivity index (χ0) is 23.5. The predicted octanol–water partition coefficient (Wildman–Crippen LogP) is 3.18. The third kappa shape index (κ3) is 7.74. The largest absolute Gasteiger partial charge is 0.492 e. The van der Waals surface area contributed by atoms with Crippen LogP contribution in [0, 0.1) is 0 Å². The predicted molar refractivity (Wildman–Crippen MR) is 129 cm³/mol. The third-order valence-corrected chi connectivity index (χ3v) is 5.84. The molecule has 1 aliphatic heterocycles. The standard InChI is InChI=1S/C22H30BrN3O5S/c1-3-5-11-30-18-8-7-15(13-16(18)23)20(28)25-22(32)26-10-9-24-21(29)17(26)14-19(27)31-12-6-4-2/h7-8,13,17H,3-6,9-12,14H2,1-2H3,(H,24,29)(H,25,28,32). The average molecular weight is 528 g/mol. The molecule has 0 aromatic heterocycles. The molecule has 0 aliphatic carbocycles. The smallest absolute Gasteiger partial charge is 0.308 e. The Morgan fingerprint density at radius 3 is 2.66 bits per heavy atom. The van der Waals surface area contributed by atoms with E-state index < -0.39 is 17.9 Å². The summed E-state index contributed by atoms with van der Waals surface area (Å²) in [5, 5.41) is 5.49. The van der Waals surface area contributed by atoms with Crippen molar-refractivity contribution in [1.29, 1.82) is 0 Å². The minimum atomic E-state index is -0.827. The van der Waals surface area contributed by atoms with E-state index in [0.29, 0.717) is 42.1 Å². The fourth-order valence-corrected chi connectivity index (χ4v) is 3.84. The van der Waals surface area contributed by atoms with E-state index in [-0.39, 0.29) is 17.4 Å². The van der Waals surface area contributed by atoms with E-state index in [1.165, 1.54) is 0 Å². The molecule has 1 saturated heterocycles. The topological polar surface area (TPSA) is 97.0 Å². The first-order chi connectivity index (χ1) is 15.4. The van der Waals surface area contributed by atoms with Gasteiger partial charge in [0.25, 0.3) is 5.91 Å². The van der Waals surface area contributed by atoms with Gasteiger partial charge in [-0.3, -0.25) is 19.7 Å². The van der Waals surface area contributed by atoms with Crippen molar-refractivity contribution in [3.05, 3.63) is 28.2 Å². The van der Waals surface area contributed by atoms with E-state index in [9.17, 15) is 14.4 Å². The number of benzene rings is 1. The molecule has 176 valence electrons. The summed E-state index contributed by atoms with van der Waals surface area (Å²) in [6.45, 7) is 5.75. The highest BCUT2D eigenvalue weighted by Crippen LogP contribution is 2.26. The minimum Gasteiger partial charge on any atom is -0.492 e. The summed E-state index contributed by atoms with van der Waals surface area (Å²) in [5.41, 5.74) is 0.388. The lowest BCUT2D eigenvalue weighted by Crippen LogP contribution is -2.60. The number of hydrogen-bond donors (Lipinski definition) is 2. The van der Waals surface area contributed by atoms with Crippen LogP contribution in [-0.4, -0.2) is 60.1 Å². The van der Waals surface area contributed by atoms with Crippen LogP contribution in [0.15, 0.2) is 22.7 Å². The summed E-state index contributed by atoms with van der Waals surface area (Å²) >= 11 is 8.82. The minimum absolute atomic E-state index is 0.0932. The van der Waals surface area contributed by atoms with Crippen molar-refractivity contribution >= 4 is 51.0 Å². The Kier molecular flexibility index (Phi) is 10.9. The molecule has 10 heteroatoms. The molecule has 1 atom stereocenters. The molecular formula is C22H30BrN3O5S. The molecule has 0 saturated carbocycles. The van der Waals surface area contributed by atoms with Gasteiger partial charge in [-0.2, -0.15) is 0 Å². The fourth-order valence-electron chi connectivity index (χ4n) is 3.03. The Morgan fingerprint density at radius 1 is 1.25 bits per heavy atom. The highest BCUT2D eigenvalue weighted by molar-refractivity contribution is 9.10. The van der Waals surface area contributed by atoms with Gasteiger partial charge in [-0.05, 0) is 59.2 Å². The van der Waals surface area contributed by atoms with Crippen LogP contribution in [-0.2, 0) is 14.3 Å². The summed E-state index contributed by atoms with van der Waals surface area (Å²) in [4.78, 5) is 38.8. The molecule has 1 aromatic rings. The van der Waals surface area contributed by atoms with Gasteiger partial charge in [0, 0.05) is 18.7 Å². The van der Waals surface area contributed by atoms with E-state index in [4.69, 9.17) is 21.7 Å². The first-order valence-electron chi connectivity index (χ1n) is 10.8. The number of esters is 1. The second-order valence-corrected chi connectivity index (χ2v) is 8.63. The summed E-state index contributed by atoms with van der Waals surface area (Å²) in [6.07, 6.45) is 3.50. The number of amides is 2. The Balaban J connectivity index is 2.00. The highest BCUT2D eigenvalue weighted by atomic mass is 79.9. The number of rotatable bonds is 10. The molecule has 1 heterocycles. The van der Waals surface area contributed by atoms with E-state index in [0.717, 1.165) is 25.7 Å². The average Bonchev–Trinajstić information content (AvgIpc) is 2.76. The van der Waals surface area contributed by atoms with Crippen molar-refractivity contribution < 1.29 is 23.9 Å². The van der Waals surface area contributed by atoms with Crippen molar-refractivity contribution in [2.45, 2.75) is 52.0 Å². The normalized spacial score (nSPS) is 15.7. The molecule has 2 rings (SSSR count). The van der Waals surface area contributed by atoms with Gasteiger partial charge >= 0.3 is 5.97 Å². The number of carbonyl (C=O) groups is 3.